The van der Waals surface area contributed by atoms with Gasteiger partial charge in [-0.1, -0.05) is 30.3 Å². The number of piperidine rings is 2. The molecule has 3 N–H and O–H groups in total. The number of likely N-dealkylation sites (tertiary alicyclic amines) is 1. The lowest BCUT2D eigenvalue weighted by molar-refractivity contribution is -0.125. The Morgan fingerprint density at radius 3 is 2.60 bits per heavy atom. The molecule has 138 valence electrons. The molecule has 0 saturated carbocycles. The Bertz CT molecular complexity index is 523. The first-order valence-electron chi connectivity index (χ1n) is 9.34. The van der Waals surface area contributed by atoms with Crippen LogP contribution in [-0.4, -0.2) is 55.6 Å². The van der Waals surface area contributed by atoms with E-state index in [1.807, 2.05) is 30.3 Å². The van der Waals surface area contributed by atoms with Crippen molar-refractivity contribution in [1.29, 1.82) is 0 Å². The zero-order valence-corrected chi connectivity index (χ0v) is 15.0. The second-order valence-electron chi connectivity index (χ2n) is 7.21. The van der Waals surface area contributed by atoms with Gasteiger partial charge in [0.25, 0.3) is 0 Å². The molecule has 2 fully saturated rings. The Morgan fingerprint density at radius 1 is 1.16 bits per heavy atom. The molecule has 1 aromatic carbocycles. The second-order valence-corrected chi connectivity index (χ2v) is 7.21. The molecule has 0 unspecified atom stereocenters. The fourth-order valence-corrected chi connectivity index (χ4v) is 3.45. The number of hydrogen-bond acceptors (Lipinski definition) is 5. The van der Waals surface area contributed by atoms with Gasteiger partial charge in [0.05, 0.1) is 12.6 Å². The summed E-state index contributed by atoms with van der Waals surface area (Å²) in [4.78, 5) is 20.3. The average molecular weight is 346 g/mol. The topological polar surface area (TPSA) is 65.6 Å². The quantitative estimate of drug-likeness (QED) is 0.672. The van der Waals surface area contributed by atoms with E-state index < -0.39 is 0 Å². The molecule has 0 spiro atoms. The fraction of sp³-hybridized carbons (Fsp3) is 0.632. The molecule has 0 radical (unpaired) electrons. The average Bonchev–Trinajstić information content (AvgIpc) is 2.65. The molecule has 3 rings (SSSR count). The van der Waals surface area contributed by atoms with Gasteiger partial charge in [-0.2, -0.15) is 5.48 Å². The van der Waals surface area contributed by atoms with Crippen molar-refractivity contribution in [2.45, 2.75) is 50.4 Å². The largest absolute Gasteiger partial charge is 0.352 e. The van der Waals surface area contributed by atoms with Crippen molar-refractivity contribution in [3.05, 3.63) is 35.9 Å². The van der Waals surface area contributed by atoms with Crippen molar-refractivity contribution in [3.8, 4) is 0 Å². The first-order chi connectivity index (χ1) is 12.2. The predicted molar refractivity (Wildman–Crippen MR) is 97.8 cm³/mol. The zero-order valence-electron chi connectivity index (χ0n) is 15.0. The maximum absolute atomic E-state index is 12.4. The van der Waals surface area contributed by atoms with Crippen molar-refractivity contribution in [2.75, 3.05) is 26.7 Å². The van der Waals surface area contributed by atoms with Gasteiger partial charge in [0.15, 0.2) is 0 Å². The zero-order chi connectivity index (χ0) is 17.5. The summed E-state index contributed by atoms with van der Waals surface area (Å²) in [5.74, 6) is 0.151. The third kappa shape index (κ3) is 5.78. The number of rotatable bonds is 6. The Labute approximate surface area is 150 Å². The number of nitrogens with one attached hydrogen (secondary N) is 3. The maximum atomic E-state index is 12.4. The molecular formula is C19H30N4O2. The molecule has 6 heteroatoms. The third-order valence-electron chi connectivity index (χ3n) is 5.13. The molecule has 2 saturated heterocycles. The van der Waals surface area contributed by atoms with E-state index in [-0.39, 0.29) is 18.0 Å². The van der Waals surface area contributed by atoms with Gasteiger partial charge in [-0.25, -0.2) is 0 Å². The van der Waals surface area contributed by atoms with Gasteiger partial charge in [-0.3, -0.25) is 9.63 Å². The maximum Gasteiger partial charge on any atom is 0.237 e. The Hall–Kier alpha value is -1.47. The summed E-state index contributed by atoms with van der Waals surface area (Å²) in [6.07, 6.45) is 3.87. The normalized spacial score (nSPS) is 25.6. The summed E-state index contributed by atoms with van der Waals surface area (Å²) in [6.45, 7) is 3.43. The highest BCUT2D eigenvalue weighted by atomic mass is 16.6. The molecule has 25 heavy (non-hydrogen) atoms. The molecule has 0 aliphatic carbocycles. The van der Waals surface area contributed by atoms with E-state index in [1.165, 1.54) is 0 Å². The Balaban J connectivity index is 1.32. The summed E-state index contributed by atoms with van der Waals surface area (Å²) < 4.78 is 0. The summed E-state index contributed by atoms with van der Waals surface area (Å²) in [5.41, 5.74) is 4.26. The van der Waals surface area contributed by atoms with E-state index in [9.17, 15) is 4.79 Å². The summed E-state index contributed by atoms with van der Waals surface area (Å²) in [5, 5.41) is 6.56. The third-order valence-corrected chi connectivity index (χ3v) is 5.13. The van der Waals surface area contributed by atoms with Crippen LogP contribution >= 0.6 is 0 Å². The number of carbonyl (C=O) groups excluding carboxylic acids is 1. The van der Waals surface area contributed by atoms with Crippen LogP contribution in [0.4, 0.5) is 0 Å². The van der Waals surface area contributed by atoms with E-state index in [0.717, 1.165) is 50.9 Å². The summed E-state index contributed by atoms with van der Waals surface area (Å²) >= 11 is 0. The number of carbonyl (C=O) groups is 1. The molecule has 2 aliphatic rings. The highest BCUT2D eigenvalue weighted by Gasteiger charge is 2.28. The molecule has 2 aliphatic heterocycles. The van der Waals surface area contributed by atoms with Crippen LogP contribution in [0.3, 0.4) is 0 Å². The molecule has 1 aromatic rings. The summed E-state index contributed by atoms with van der Waals surface area (Å²) in [7, 11) is 2.13. The van der Waals surface area contributed by atoms with Gasteiger partial charge in [0.1, 0.15) is 0 Å². The van der Waals surface area contributed by atoms with Crippen molar-refractivity contribution in [2.24, 2.45) is 0 Å². The fourth-order valence-electron chi connectivity index (χ4n) is 3.45. The number of hydroxylamine groups is 1. The second kappa shape index (κ2) is 9.29. The van der Waals surface area contributed by atoms with Gasteiger partial charge in [-0.15, -0.1) is 0 Å². The van der Waals surface area contributed by atoms with Gasteiger partial charge in [-0.05, 0) is 51.4 Å². The number of amides is 1. The van der Waals surface area contributed by atoms with E-state index in [4.69, 9.17) is 4.84 Å². The van der Waals surface area contributed by atoms with Crippen LogP contribution in [-0.2, 0) is 16.2 Å². The van der Waals surface area contributed by atoms with Crippen molar-refractivity contribution in [1.82, 2.24) is 21.0 Å². The Morgan fingerprint density at radius 2 is 1.92 bits per heavy atom. The van der Waals surface area contributed by atoms with Crippen LogP contribution in [0.1, 0.15) is 31.2 Å². The molecular weight excluding hydrogens is 316 g/mol. The number of nitrogens with zero attached hydrogens (tertiary/aromatic N) is 1. The monoisotopic (exact) mass is 346 g/mol. The molecule has 2 heterocycles. The summed E-state index contributed by atoms with van der Waals surface area (Å²) in [6, 6.07) is 10.6. The van der Waals surface area contributed by atoms with Gasteiger partial charge >= 0.3 is 0 Å². The Kier molecular flexibility index (Phi) is 6.81. The number of benzene rings is 1. The molecule has 6 nitrogen and oxygen atoms in total. The van der Waals surface area contributed by atoms with Crippen LogP contribution in [0.15, 0.2) is 30.3 Å². The van der Waals surface area contributed by atoms with E-state index in [0.29, 0.717) is 12.6 Å². The van der Waals surface area contributed by atoms with Crippen LogP contribution in [0.25, 0.3) is 0 Å². The minimum absolute atomic E-state index is 0.0770. The van der Waals surface area contributed by atoms with E-state index in [1.54, 1.807) is 0 Å². The molecule has 0 aromatic heterocycles. The van der Waals surface area contributed by atoms with Gasteiger partial charge < -0.3 is 15.5 Å². The van der Waals surface area contributed by atoms with E-state index >= 15 is 0 Å². The number of hydrogen-bond donors (Lipinski definition) is 3. The first kappa shape index (κ1) is 18.3. The highest BCUT2D eigenvalue weighted by Crippen LogP contribution is 2.12. The van der Waals surface area contributed by atoms with Crippen LogP contribution in [0.2, 0.25) is 0 Å². The molecule has 0 bridgehead atoms. The smallest absolute Gasteiger partial charge is 0.237 e. The van der Waals surface area contributed by atoms with Crippen molar-refractivity contribution < 1.29 is 9.63 Å². The first-order valence-corrected chi connectivity index (χ1v) is 9.34. The van der Waals surface area contributed by atoms with Gasteiger partial charge in [0, 0.05) is 18.6 Å². The van der Waals surface area contributed by atoms with E-state index in [2.05, 4.69) is 28.1 Å². The lowest BCUT2D eigenvalue weighted by atomic mass is 9.99. The SMILES string of the molecule is CN1CCC(NC(=O)[C@@H]2CC[C@@H](NOCc3ccccc3)CN2)CC1. The predicted octanol–water partition coefficient (Wildman–Crippen LogP) is 1.04. The van der Waals surface area contributed by atoms with Crippen molar-refractivity contribution >= 4 is 5.91 Å². The minimum atomic E-state index is -0.0770. The molecule has 2 atom stereocenters. The minimum Gasteiger partial charge on any atom is -0.352 e. The highest BCUT2D eigenvalue weighted by molar-refractivity contribution is 5.82. The van der Waals surface area contributed by atoms with Crippen LogP contribution in [0.5, 0.6) is 0 Å². The van der Waals surface area contributed by atoms with Crippen LogP contribution < -0.4 is 16.1 Å². The standard InChI is InChI=1S/C19H30N4O2/c1-23-11-9-16(10-12-23)21-19(24)18-8-7-17(13-20-18)22-25-14-15-5-3-2-4-6-15/h2-6,16-18,20,22H,7-14H2,1H3,(H,21,24)/t17-,18+/m1/s1. The van der Waals surface area contributed by atoms with Crippen molar-refractivity contribution in [3.63, 3.8) is 0 Å². The van der Waals surface area contributed by atoms with Gasteiger partial charge in [0.2, 0.25) is 5.91 Å². The lowest BCUT2D eigenvalue weighted by Gasteiger charge is -2.33. The lowest BCUT2D eigenvalue weighted by Crippen LogP contribution is -2.55. The van der Waals surface area contributed by atoms with Crippen LogP contribution in [0, 0.1) is 0 Å². The molecule has 1 amide bonds.